The number of likely N-dealkylation sites (tertiary alicyclic amines) is 1. The molecule has 0 bridgehead atoms. The average Bonchev–Trinajstić information content (AvgIpc) is 3.26. The van der Waals surface area contributed by atoms with Crippen LogP contribution in [0, 0.1) is 12.8 Å². The SMILES string of the molecule is Cc1ccc(N2CCC(C(=O)N3C[C@@H](N(C)C(=O)O)[C@H](c4ccc(Cl)c(Cl)c4)C3)CC2)nn1. The molecule has 2 aliphatic rings. The number of carbonyl (C=O) groups is 2. The number of nitrogens with zero attached hydrogens (tertiary/aromatic N) is 5. The van der Waals surface area contributed by atoms with Gasteiger partial charge in [-0.15, -0.1) is 5.10 Å². The number of piperidine rings is 1. The van der Waals surface area contributed by atoms with Gasteiger partial charge in [0.1, 0.15) is 0 Å². The van der Waals surface area contributed by atoms with Crippen molar-refractivity contribution in [2.24, 2.45) is 5.92 Å². The van der Waals surface area contributed by atoms with Crippen LogP contribution in [0.2, 0.25) is 10.0 Å². The first-order valence-corrected chi connectivity index (χ1v) is 11.7. The molecule has 2 amide bonds. The van der Waals surface area contributed by atoms with E-state index in [2.05, 4.69) is 15.1 Å². The van der Waals surface area contributed by atoms with Gasteiger partial charge in [-0.05, 0) is 49.6 Å². The molecule has 2 fully saturated rings. The molecule has 2 aromatic rings. The quantitative estimate of drug-likeness (QED) is 0.696. The highest BCUT2D eigenvalue weighted by Gasteiger charge is 2.42. The van der Waals surface area contributed by atoms with E-state index >= 15 is 0 Å². The van der Waals surface area contributed by atoms with Crippen LogP contribution in [0.5, 0.6) is 0 Å². The van der Waals surface area contributed by atoms with Gasteiger partial charge in [0.25, 0.3) is 0 Å². The van der Waals surface area contributed by atoms with E-state index in [1.807, 2.05) is 30.0 Å². The van der Waals surface area contributed by atoms with Crippen LogP contribution >= 0.6 is 23.2 Å². The van der Waals surface area contributed by atoms with Crippen LogP contribution in [0.3, 0.4) is 0 Å². The summed E-state index contributed by atoms with van der Waals surface area (Å²) in [4.78, 5) is 30.4. The predicted molar refractivity (Wildman–Crippen MR) is 127 cm³/mol. The number of carboxylic acid groups (broad SMARTS) is 1. The summed E-state index contributed by atoms with van der Waals surface area (Å²) in [6.07, 6.45) is 0.427. The Morgan fingerprint density at radius 2 is 1.79 bits per heavy atom. The normalized spacial score (nSPS) is 21.3. The van der Waals surface area contributed by atoms with E-state index in [9.17, 15) is 14.7 Å². The van der Waals surface area contributed by atoms with E-state index in [0.29, 0.717) is 23.1 Å². The summed E-state index contributed by atoms with van der Waals surface area (Å²) in [7, 11) is 1.55. The second kappa shape index (κ2) is 9.73. The number of likely N-dealkylation sites (N-methyl/N-ethyl adjacent to an activating group) is 1. The molecule has 1 aromatic heterocycles. The lowest BCUT2D eigenvalue weighted by molar-refractivity contribution is -0.135. The van der Waals surface area contributed by atoms with Crippen LogP contribution in [-0.2, 0) is 4.79 Å². The molecule has 176 valence electrons. The summed E-state index contributed by atoms with van der Waals surface area (Å²) < 4.78 is 0. The molecule has 2 atom stereocenters. The topological polar surface area (TPSA) is 89.9 Å². The van der Waals surface area contributed by atoms with E-state index in [0.717, 1.165) is 43.0 Å². The third-order valence-corrected chi connectivity index (χ3v) is 7.46. The van der Waals surface area contributed by atoms with Crippen molar-refractivity contribution in [2.75, 3.05) is 38.1 Å². The van der Waals surface area contributed by atoms with E-state index in [1.165, 1.54) is 4.90 Å². The van der Waals surface area contributed by atoms with Gasteiger partial charge in [-0.2, -0.15) is 5.10 Å². The first kappa shape index (κ1) is 23.6. The number of hydrogen-bond acceptors (Lipinski definition) is 5. The van der Waals surface area contributed by atoms with Gasteiger partial charge in [-0.1, -0.05) is 29.3 Å². The molecule has 1 N–H and O–H groups in total. The van der Waals surface area contributed by atoms with Crippen LogP contribution < -0.4 is 4.90 Å². The lowest BCUT2D eigenvalue weighted by Gasteiger charge is -2.33. The Hall–Kier alpha value is -2.58. The van der Waals surface area contributed by atoms with Crippen molar-refractivity contribution in [1.29, 1.82) is 0 Å². The van der Waals surface area contributed by atoms with Crippen molar-refractivity contribution >= 4 is 41.0 Å². The highest BCUT2D eigenvalue weighted by Crippen LogP contribution is 2.35. The van der Waals surface area contributed by atoms with E-state index < -0.39 is 6.09 Å². The predicted octanol–water partition coefficient (Wildman–Crippen LogP) is 3.91. The van der Waals surface area contributed by atoms with Crippen LogP contribution in [0.4, 0.5) is 10.6 Å². The van der Waals surface area contributed by atoms with Gasteiger partial charge >= 0.3 is 6.09 Å². The molecule has 0 radical (unpaired) electrons. The fourth-order valence-electron chi connectivity index (χ4n) is 4.75. The molecule has 0 spiro atoms. The molecule has 0 saturated carbocycles. The van der Waals surface area contributed by atoms with Crippen molar-refractivity contribution in [2.45, 2.75) is 31.7 Å². The van der Waals surface area contributed by atoms with Crippen molar-refractivity contribution in [3.05, 3.63) is 51.6 Å². The third kappa shape index (κ3) is 5.01. The molecule has 2 aliphatic heterocycles. The lowest BCUT2D eigenvalue weighted by atomic mass is 9.93. The van der Waals surface area contributed by atoms with Gasteiger partial charge in [0.15, 0.2) is 5.82 Å². The molecule has 4 rings (SSSR count). The lowest BCUT2D eigenvalue weighted by Crippen LogP contribution is -2.44. The number of amides is 2. The number of halogens is 2. The zero-order valence-electron chi connectivity index (χ0n) is 18.6. The summed E-state index contributed by atoms with van der Waals surface area (Å²) in [5, 5.41) is 18.8. The fraction of sp³-hybridized carbons (Fsp3) is 0.478. The minimum atomic E-state index is -1.02. The van der Waals surface area contributed by atoms with Crippen molar-refractivity contribution in [3.63, 3.8) is 0 Å². The van der Waals surface area contributed by atoms with Crippen LogP contribution in [0.15, 0.2) is 30.3 Å². The maximum Gasteiger partial charge on any atom is 0.407 e. The smallest absolute Gasteiger partial charge is 0.407 e. The number of rotatable bonds is 4. The van der Waals surface area contributed by atoms with Crippen molar-refractivity contribution < 1.29 is 14.7 Å². The van der Waals surface area contributed by atoms with Gasteiger partial charge in [0.2, 0.25) is 5.91 Å². The van der Waals surface area contributed by atoms with Gasteiger partial charge in [0, 0.05) is 45.1 Å². The molecule has 8 nitrogen and oxygen atoms in total. The first-order valence-electron chi connectivity index (χ1n) is 11.0. The van der Waals surface area contributed by atoms with Crippen LogP contribution in [0.1, 0.15) is 30.0 Å². The molecule has 10 heteroatoms. The van der Waals surface area contributed by atoms with Crippen molar-refractivity contribution in [1.82, 2.24) is 20.0 Å². The Morgan fingerprint density at radius 3 is 2.39 bits per heavy atom. The highest BCUT2D eigenvalue weighted by atomic mass is 35.5. The molecular weight excluding hydrogens is 465 g/mol. The number of anilines is 1. The van der Waals surface area contributed by atoms with Gasteiger partial charge in [-0.3, -0.25) is 4.79 Å². The maximum absolute atomic E-state index is 13.4. The number of aromatic nitrogens is 2. The van der Waals surface area contributed by atoms with Gasteiger partial charge in [0.05, 0.1) is 21.8 Å². The van der Waals surface area contributed by atoms with Crippen LogP contribution in [-0.4, -0.2) is 76.4 Å². The Labute approximate surface area is 203 Å². The summed E-state index contributed by atoms with van der Waals surface area (Å²) in [6, 6.07) is 8.88. The molecule has 33 heavy (non-hydrogen) atoms. The Kier molecular flexibility index (Phi) is 6.95. The average molecular weight is 492 g/mol. The monoisotopic (exact) mass is 491 g/mol. The molecule has 0 aliphatic carbocycles. The Bertz CT molecular complexity index is 1030. The first-order chi connectivity index (χ1) is 15.7. The minimum Gasteiger partial charge on any atom is -0.465 e. The maximum atomic E-state index is 13.4. The number of carbonyl (C=O) groups excluding carboxylic acids is 1. The van der Waals surface area contributed by atoms with E-state index in [-0.39, 0.29) is 23.8 Å². The van der Waals surface area contributed by atoms with E-state index in [4.69, 9.17) is 23.2 Å². The zero-order chi connectivity index (χ0) is 23.7. The third-order valence-electron chi connectivity index (χ3n) is 6.72. The molecule has 2 saturated heterocycles. The molecule has 1 aromatic carbocycles. The summed E-state index contributed by atoms with van der Waals surface area (Å²) in [6.45, 7) is 4.17. The van der Waals surface area contributed by atoms with Gasteiger partial charge in [-0.25, -0.2) is 4.79 Å². The number of aryl methyl sites for hydroxylation is 1. The number of benzene rings is 1. The molecular formula is C23H27Cl2N5O3. The second-order valence-electron chi connectivity index (χ2n) is 8.78. The summed E-state index contributed by atoms with van der Waals surface area (Å²) in [5.41, 5.74) is 1.75. The zero-order valence-corrected chi connectivity index (χ0v) is 20.1. The summed E-state index contributed by atoms with van der Waals surface area (Å²) >= 11 is 12.3. The second-order valence-corrected chi connectivity index (χ2v) is 9.59. The fourth-order valence-corrected chi connectivity index (χ4v) is 5.05. The number of hydrogen-bond donors (Lipinski definition) is 1. The Balaban J connectivity index is 1.46. The highest BCUT2D eigenvalue weighted by molar-refractivity contribution is 6.42. The Morgan fingerprint density at radius 1 is 1.06 bits per heavy atom. The molecule has 0 unspecified atom stereocenters. The van der Waals surface area contributed by atoms with Gasteiger partial charge < -0.3 is 19.8 Å². The largest absolute Gasteiger partial charge is 0.465 e. The van der Waals surface area contributed by atoms with E-state index in [1.54, 1.807) is 19.2 Å². The van der Waals surface area contributed by atoms with Crippen LogP contribution in [0.25, 0.3) is 0 Å². The standard InChI is InChI=1S/C23H27Cl2N5O3/c1-14-3-6-21(27-26-14)29-9-7-15(8-10-29)22(31)30-12-17(20(13-30)28(2)23(32)33)16-4-5-18(24)19(25)11-16/h3-6,11,15,17,20H,7-10,12-13H2,1-2H3,(H,32,33)/t17-,20+/m0/s1. The summed E-state index contributed by atoms with van der Waals surface area (Å²) in [5.74, 6) is 0.641. The molecule has 3 heterocycles. The minimum absolute atomic E-state index is 0.0796. The van der Waals surface area contributed by atoms with Crippen molar-refractivity contribution in [3.8, 4) is 0 Å².